The summed E-state index contributed by atoms with van der Waals surface area (Å²) in [6.07, 6.45) is 1.92. The Morgan fingerprint density at radius 3 is 2.57 bits per heavy atom. The maximum atomic E-state index is 12.2. The van der Waals surface area contributed by atoms with E-state index in [-0.39, 0.29) is 24.8 Å². The number of rotatable bonds is 9. The second kappa shape index (κ2) is 10.4. The Morgan fingerprint density at radius 1 is 1.07 bits per heavy atom. The third-order valence-corrected chi connectivity index (χ3v) is 4.95. The van der Waals surface area contributed by atoms with Gasteiger partial charge in [0, 0.05) is 25.8 Å². The summed E-state index contributed by atoms with van der Waals surface area (Å²) in [7, 11) is 3.19. The Morgan fingerprint density at radius 2 is 1.83 bits per heavy atom. The van der Waals surface area contributed by atoms with Crippen molar-refractivity contribution in [2.45, 2.75) is 25.7 Å². The lowest BCUT2D eigenvalue weighted by Crippen LogP contribution is -2.35. The van der Waals surface area contributed by atoms with Crippen LogP contribution in [0.2, 0.25) is 0 Å². The number of ether oxygens (including phenoxy) is 2. The van der Waals surface area contributed by atoms with Gasteiger partial charge in [0.15, 0.2) is 11.5 Å². The summed E-state index contributed by atoms with van der Waals surface area (Å²) in [4.78, 5) is 24.4. The monoisotopic (exact) mass is 409 g/mol. The van der Waals surface area contributed by atoms with Crippen molar-refractivity contribution in [3.63, 3.8) is 0 Å². The number of carbonyl (C=O) groups excluding carboxylic acids is 2. The summed E-state index contributed by atoms with van der Waals surface area (Å²) >= 11 is 0. The first kappa shape index (κ1) is 21.4. The largest absolute Gasteiger partial charge is 0.493 e. The van der Waals surface area contributed by atoms with Gasteiger partial charge < -0.3 is 14.8 Å². The summed E-state index contributed by atoms with van der Waals surface area (Å²) in [5.41, 5.74) is 2.93. The Bertz CT molecular complexity index is 912. The van der Waals surface area contributed by atoms with Crippen molar-refractivity contribution >= 4 is 17.5 Å². The van der Waals surface area contributed by atoms with Crippen molar-refractivity contribution in [3.8, 4) is 11.5 Å². The zero-order valence-corrected chi connectivity index (χ0v) is 17.4. The van der Waals surface area contributed by atoms with Crippen LogP contribution < -0.4 is 14.8 Å². The lowest BCUT2D eigenvalue weighted by Gasteiger charge is -2.23. The minimum absolute atomic E-state index is 0.0483. The summed E-state index contributed by atoms with van der Waals surface area (Å²) in [5, 5.41) is 8.78. The van der Waals surface area contributed by atoms with E-state index >= 15 is 0 Å². The fourth-order valence-electron chi connectivity index (χ4n) is 3.29. The van der Waals surface area contributed by atoms with Crippen LogP contribution in [0.4, 0.5) is 0 Å². The van der Waals surface area contributed by atoms with Gasteiger partial charge in [-0.3, -0.25) is 9.59 Å². The molecule has 0 aromatic heterocycles. The summed E-state index contributed by atoms with van der Waals surface area (Å²) < 4.78 is 10.5. The van der Waals surface area contributed by atoms with Gasteiger partial charge >= 0.3 is 0 Å². The number of hydrogen-bond acceptors (Lipinski definition) is 5. The predicted octanol–water partition coefficient (Wildman–Crippen LogP) is 2.78. The molecule has 0 atom stereocenters. The average Bonchev–Trinajstić information content (AvgIpc) is 2.79. The van der Waals surface area contributed by atoms with Gasteiger partial charge in [-0.2, -0.15) is 5.10 Å². The molecule has 1 aliphatic rings. The van der Waals surface area contributed by atoms with Gasteiger partial charge in [-0.1, -0.05) is 36.4 Å². The topological polar surface area (TPSA) is 80.2 Å². The highest BCUT2D eigenvalue weighted by atomic mass is 16.5. The standard InChI is InChI=1S/C23H27N3O4/c1-29-20-10-8-17(16-21(20)30-2)12-14-24-22(27)13-15-26-23(28)11-9-19(25-26)18-6-4-3-5-7-18/h3-8,10,16H,9,11-15H2,1-2H3,(H,24,27). The van der Waals surface area contributed by atoms with Crippen molar-refractivity contribution in [2.24, 2.45) is 5.10 Å². The highest BCUT2D eigenvalue weighted by molar-refractivity contribution is 6.04. The molecule has 0 bridgehead atoms. The van der Waals surface area contributed by atoms with Crippen LogP contribution in [0, 0.1) is 0 Å². The lowest BCUT2D eigenvalue weighted by molar-refractivity contribution is -0.132. The first-order chi connectivity index (χ1) is 14.6. The zero-order chi connectivity index (χ0) is 21.3. The molecule has 0 unspecified atom stereocenters. The maximum absolute atomic E-state index is 12.2. The molecule has 30 heavy (non-hydrogen) atoms. The molecule has 0 aliphatic carbocycles. The smallest absolute Gasteiger partial charge is 0.243 e. The van der Waals surface area contributed by atoms with Gasteiger partial charge in [0.2, 0.25) is 11.8 Å². The Kier molecular flexibility index (Phi) is 7.43. The van der Waals surface area contributed by atoms with E-state index in [2.05, 4.69) is 10.4 Å². The van der Waals surface area contributed by atoms with E-state index in [1.165, 1.54) is 5.01 Å². The highest BCUT2D eigenvalue weighted by Gasteiger charge is 2.21. The second-order valence-electron chi connectivity index (χ2n) is 6.97. The van der Waals surface area contributed by atoms with Crippen LogP contribution in [-0.2, 0) is 16.0 Å². The molecule has 7 heteroatoms. The van der Waals surface area contributed by atoms with Crippen molar-refractivity contribution in [1.82, 2.24) is 10.3 Å². The number of nitrogens with zero attached hydrogens (tertiary/aromatic N) is 2. The molecule has 0 saturated heterocycles. The van der Waals surface area contributed by atoms with E-state index in [4.69, 9.17) is 9.47 Å². The molecule has 0 saturated carbocycles. The SMILES string of the molecule is COc1ccc(CCNC(=O)CCN2N=C(c3ccccc3)CCC2=O)cc1OC. The number of methoxy groups -OCH3 is 2. The average molecular weight is 409 g/mol. The van der Waals surface area contributed by atoms with E-state index in [1.54, 1.807) is 14.2 Å². The van der Waals surface area contributed by atoms with Crippen LogP contribution >= 0.6 is 0 Å². The molecule has 7 nitrogen and oxygen atoms in total. The number of hydrazone groups is 1. The normalized spacial score (nSPS) is 13.6. The predicted molar refractivity (Wildman–Crippen MR) is 115 cm³/mol. The van der Waals surface area contributed by atoms with Gasteiger partial charge in [0.25, 0.3) is 0 Å². The second-order valence-corrected chi connectivity index (χ2v) is 6.97. The maximum Gasteiger partial charge on any atom is 0.243 e. The number of amides is 2. The van der Waals surface area contributed by atoms with E-state index in [0.717, 1.165) is 16.8 Å². The number of nitrogens with one attached hydrogen (secondary N) is 1. The highest BCUT2D eigenvalue weighted by Crippen LogP contribution is 2.27. The van der Waals surface area contributed by atoms with Gasteiger partial charge in [-0.05, 0) is 29.7 Å². The van der Waals surface area contributed by atoms with Gasteiger partial charge in [0.05, 0.1) is 26.5 Å². The minimum Gasteiger partial charge on any atom is -0.493 e. The van der Waals surface area contributed by atoms with E-state index in [9.17, 15) is 9.59 Å². The number of carbonyl (C=O) groups is 2. The molecule has 3 rings (SSSR count). The molecule has 0 fully saturated rings. The molecule has 158 valence electrons. The molecule has 0 spiro atoms. The Hall–Kier alpha value is -3.35. The number of hydrogen-bond donors (Lipinski definition) is 1. The first-order valence-corrected chi connectivity index (χ1v) is 10.0. The van der Waals surface area contributed by atoms with Gasteiger partial charge in [0.1, 0.15) is 0 Å². The first-order valence-electron chi connectivity index (χ1n) is 10.0. The van der Waals surface area contributed by atoms with Crippen LogP contribution in [0.5, 0.6) is 11.5 Å². The van der Waals surface area contributed by atoms with Crippen LogP contribution in [0.1, 0.15) is 30.4 Å². The molecular weight excluding hydrogens is 382 g/mol. The molecular formula is C23H27N3O4. The van der Waals surface area contributed by atoms with Crippen molar-refractivity contribution in [1.29, 1.82) is 0 Å². The van der Waals surface area contributed by atoms with E-state index < -0.39 is 0 Å². The van der Waals surface area contributed by atoms with Crippen molar-refractivity contribution < 1.29 is 19.1 Å². The minimum atomic E-state index is -0.106. The molecule has 2 aromatic rings. The van der Waals surface area contributed by atoms with E-state index in [0.29, 0.717) is 37.3 Å². The molecule has 0 radical (unpaired) electrons. The van der Waals surface area contributed by atoms with Gasteiger partial charge in [-0.25, -0.2) is 5.01 Å². The lowest BCUT2D eigenvalue weighted by atomic mass is 10.0. The summed E-state index contributed by atoms with van der Waals surface area (Å²) in [6.45, 7) is 0.776. The summed E-state index contributed by atoms with van der Waals surface area (Å²) in [5.74, 6) is 1.18. The molecule has 1 N–H and O–H groups in total. The summed E-state index contributed by atoms with van der Waals surface area (Å²) in [6, 6.07) is 15.5. The van der Waals surface area contributed by atoms with Gasteiger partial charge in [-0.15, -0.1) is 0 Å². The van der Waals surface area contributed by atoms with Crippen LogP contribution in [0.25, 0.3) is 0 Å². The number of benzene rings is 2. The van der Waals surface area contributed by atoms with Crippen molar-refractivity contribution in [2.75, 3.05) is 27.3 Å². The quantitative estimate of drug-likeness (QED) is 0.691. The van der Waals surface area contributed by atoms with Crippen LogP contribution in [0.3, 0.4) is 0 Å². The third kappa shape index (κ3) is 5.59. The Labute approximate surface area is 176 Å². The Balaban J connectivity index is 1.48. The molecule has 2 amide bonds. The van der Waals surface area contributed by atoms with Crippen molar-refractivity contribution in [3.05, 3.63) is 59.7 Å². The molecule has 2 aromatic carbocycles. The van der Waals surface area contributed by atoms with E-state index in [1.807, 2.05) is 48.5 Å². The molecule has 1 aliphatic heterocycles. The van der Waals surface area contributed by atoms with Crippen LogP contribution in [0.15, 0.2) is 53.6 Å². The fraction of sp³-hybridized carbons (Fsp3) is 0.348. The zero-order valence-electron chi connectivity index (χ0n) is 17.4. The molecule has 1 heterocycles. The van der Waals surface area contributed by atoms with Crippen LogP contribution in [-0.4, -0.2) is 49.8 Å². The third-order valence-electron chi connectivity index (χ3n) is 4.95. The fourth-order valence-corrected chi connectivity index (χ4v) is 3.29.